The molecular formula is C12H18BrCl2NO. The Hall–Kier alpha value is 0.200. The van der Waals surface area contributed by atoms with Gasteiger partial charge < -0.3 is 10.8 Å². The molecule has 1 aromatic carbocycles. The third-order valence-electron chi connectivity index (χ3n) is 2.55. The number of nitrogens with two attached hydrogens (primary N) is 1. The summed E-state index contributed by atoms with van der Waals surface area (Å²) in [5, 5.41) is 10.8. The van der Waals surface area contributed by atoms with E-state index in [0.29, 0.717) is 5.02 Å². The second kappa shape index (κ2) is 6.39. The molecule has 0 amide bonds. The SMILES string of the molecule is CC(C)(C)[C@H](O)[C@H](N)c1ccc(Cl)cc1Br.Cl. The van der Waals surface area contributed by atoms with Crippen LogP contribution in [-0.2, 0) is 0 Å². The summed E-state index contributed by atoms with van der Waals surface area (Å²) in [5.41, 5.74) is 6.67. The van der Waals surface area contributed by atoms with E-state index in [1.54, 1.807) is 12.1 Å². The maximum absolute atomic E-state index is 10.1. The van der Waals surface area contributed by atoms with Gasteiger partial charge in [-0.25, -0.2) is 0 Å². The minimum atomic E-state index is -0.607. The van der Waals surface area contributed by atoms with Crippen molar-refractivity contribution >= 4 is 39.9 Å². The molecule has 2 atom stereocenters. The third-order valence-corrected chi connectivity index (χ3v) is 3.47. The highest BCUT2D eigenvalue weighted by molar-refractivity contribution is 9.10. The molecule has 0 fully saturated rings. The van der Waals surface area contributed by atoms with Gasteiger partial charge in [0.2, 0.25) is 0 Å². The van der Waals surface area contributed by atoms with Crippen LogP contribution >= 0.6 is 39.9 Å². The molecule has 0 heterocycles. The van der Waals surface area contributed by atoms with Crippen molar-refractivity contribution in [1.82, 2.24) is 0 Å². The lowest BCUT2D eigenvalue weighted by Crippen LogP contribution is -2.37. The molecule has 0 aromatic heterocycles. The van der Waals surface area contributed by atoms with Crippen molar-refractivity contribution in [3.8, 4) is 0 Å². The Morgan fingerprint density at radius 2 is 1.88 bits per heavy atom. The Labute approximate surface area is 122 Å². The zero-order chi connectivity index (χ0) is 12.5. The average Bonchev–Trinajstić information content (AvgIpc) is 2.14. The third kappa shape index (κ3) is 4.42. The second-order valence-corrected chi connectivity index (χ2v) is 6.29. The highest BCUT2D eigenvalue weighted by atomic mass is 79.9. The zero-order valence-corrected chi connectivity index (χ0v) is 13.2. The highest BCUT2D eigenvalue weighted by Crippen LogP contribution is 2.33. The molecular weight excluding hydrogens is 325 g/mol. The molecule has 0 aliphatic heterocycles. The highest BCUT2D eigenvalue weighted by Gasteiger charge is 2.29. The minimum Gasteiger partial charge on any atom is -0.391 e. The van der Waals surface area contributed by atoms with Crippen LogP contribution in [0.1, 0.15) is 32.4 Å². The summed E-state index contributed by atoms with van der Waals surface area (Å²) >= 11 is 9.26. The van der Waals surface area contributed by atoms with Gasteiger partial charge in [-0.05, 0) is 23.1 Å². The zero-order valence-electron chi connectivity index (χ0n) is 10.1. The summed E-state index contributed by atoms with van der Waals surface area (Å²) in [6, 6.07) is 4.97. The quantitative estimate of drug-likeness (QED) is 0.855. The molecule has 0 aliphatic rings. The molecule has 98 valence electrons. The molecule has 1 aromatic rings. The van der Waals surface area contributed by atoms with Crippen LogP contribution in [-0.4, -0.2) is 11.2 Å². The minimum absolute atomic E-state index is 0. The first kappa shape index (κ1) is 17.2. The number of aliphatic hydroxyl groups excluding tert-OH is 1. The van der Waals surface area contributed by atoms with E-state index in [1.165, 1.54) is 0 Å². The standard InChI is InChI=1S/C12H17BrClNO.ClH/c1-12(2,3)11(16)10(15)8-5-4-7(14)6-9(8)13;/h4-6,10-11,16H,15H2,1-3H3;1H/t10-,11-;/m1./s1. The van der Waals surface area contributed by atoms with Gasteiger partial charge in [0.25, 0.3) is 0 Å². The number of hydrogen-bond donors (Lipinski definition) is 2. The van der Waals surface area contributed by atoms with Crippen molar-refractivity contribution in [1.29, 1.82) is 0 Å². The fourth-order valence-electron chi connectivity index (χ4n) is 1.48. The summed E-state index contributed by atoms with van der Waals surface area (Å²) in [6.45, 7) is 5.88. The molecule has 0 spiro atoms. The fourth-order valence-corrected chi connectivity index (χ4v) is 2.43. The molecule has 0 unspecified atom stereocenters. The van der Waals surface area contributed by atoms with Gasteiger partial charge in [-0.2, -0.15) is 0 Å². The van der Waals surface area contributed by atoms with E-state index in [2.05, 4.69) is 15.9 Å². The van der Waals surface area contributed by atoms with Gasteiger partial charge in [-0.15, -0.1) is 12.4 Å². The fraction of sp³-hybridized carbons (Fsp3) is 0.500. The molecule has 17 heavy (non-hydrogen) atoms. The summed E-state index contributed by atoms with van der Waals surface area (Å²) in [4.78, 5) is 0. The van der Waals surface area contributed by atoms with Crippen molar-refractivity contribution in [3.63, 3.8) is 0 Å². The normalized spacial score (nSPS) is 15.0. The van der Waals surface area contributed by atoms with E-state index < -0.39 is 12.1 Å². The van der Waals surface area contributed by atoms with Gasteiger partial charge in [0, 0.05) is 9.50 Å². The van der Waals surface area contributed by atoms with Gasteiger partial charge >= 0.3 is 0 Å². The van der Waals surface area contributed by atoms with E-state index in [9.17, 15) is 5.11 Å². The lowest BCUT2D eigenvalue weighted by molar-refractivity contribution is 0.0399. The Morgan fingerprint density at radius 1 is 1.35 bits per heavy atom. The largest absolute Gasteiger partial charge is 0.391 e. The van der Waals surface area contributed by atoms with Crippen LogP contribution in [0.15, 0.2) is 22.7 Å². The lowest BCUT2D eigenvalue weighted by atomic mass is 9.82. The van der Waals surface area contributed by atoms with Crippen LogP contribution in [0.4, 0.5) is 0 Å². The van der Waals surface area contributed by atoms with Crippen molar-refractivity contribution in [2.75, 3.05) is 0 Å². The molecule has 0 radical (unpaired) electrons. The van der Waals surface area contributed by atoms with Crippen LogP contribution in [0.5, 0.6) is 0 Å². The molecule has 3 N–H and O–H groups in total. The van der Waals surface area contributed by atoms with E-state index in [1.807, 2.05) is 26.8 Å². The van der Waals surface area contributed by atoms with Crippen molar-refractivity contribution < 1.29 is 5.11 Å². The van der Waals surface area contributed by atoms with Gasteiger partial charge in [0.05, 0.1) is 12.1 Å². The number of aliphatic hydroxyl groups is 1. The molecule has 0 saturated carbocycles. The van der Waals surface area contributed by atoms with Crippen LogP contribution in [0.2, 0.25) is 5.02 Å². The molecule has 0 bridgehead atoms. The number of benzene rings is 1. The molecule has 2 nitrogen and oxygen atoms in total. The molecule has 0 saturated heterocycles. The summed E-state index contributed by atoms with van der Waals surface area (Å²) in [7, 11) is 0. The van der Waals surface area contributed by atoms with E-state index >= 15 is 0 Å². The lowest BCUT2D eigenvalue weighted by Gasteiger charge is -2.31. The van der Waals surface area contributed by atoms with Gasteiger partial charge in [-0.3, -0.25) is 0 Å². The summed E-state index contributed by atoms with van der Waals surface area (Å²) < 4.78 is 0.829. The van der Waals surface area contributed by atoms with Crippen molar-refractivity contribution in [2.24, 2.45) is 11.1 Å². The second-order valence-electron chi connectivity index (χ2n) is 5.00. The Morgan fingerprint density at radius 3 is 2.29 bits per heavy atom. The molecule has 0 aliphatic carbocycles. The van der Waals surface area contributed by atoms with Gasteiger partial charge in [0.15, 0.2) is 0 Å². The Kier molecular flexibility index (Phi) is 6.47. The first-order chi connectivity index (χ1) is 7.23. The number of rotatable bonds is 2. The topological polar surface area (TPSA) is 46.2 Å². The van der Waals surface area contributed by atoms with Gasteiger partial charge in [0.1, 0.15) is 0 Å². The predicted octanol–water partition coefficient (Wildman–Crippen LogP) is 3.93. The predicted molar refractivity (Wildman–Crippen MR) is 78.8 cm³/mol. The first-order valence-corrected chi connectivity index (χ1v) is 6.29. The van der Waals surface area contributed by atoms with Crippen LogP contribution in [0.25, 0.3) is 0 Å². The maximum Gasteiger partial charge on any atom is 0.0781 e. The summed E-state index contributed by atoms with van der Waals surface area (Å²) in [6.07, 6.45) is -0.607. The smallest absolute Gasteiger partial charge is 0.0781 e. The van der Waals surface area contributed by atoms with Gasteiger partial charge in [-0.1, -0.05) is 54.4 Å². The average molecular weight is 343 g/mol. The molecule has 5 heteroatoms. The Bertz CT molecular complexity index is 379. The number of halogens is 3. The van der Waals surface area contributed by atoms with Crippen LogP contribution in [0.3, 0.4) is 0 Å². The summed E-state index contributed by atoms with van der Waals surface area (Å²) in [5.74, 6) is 0. The van der Waals surface area contributed by atoms with E-state index in [-0.39, 0.29) is 17.8 Å². The van der Waals surface area contributed by atoms with Crippen LogP contribution < -0.4 is 5.73 Å². The van der Waals surface area contributed by atoms with Crippen molar-refractivity contribution in [3.05, 3.63) is 33.3 Å². The van der Waals surface area contributed by atoms with Crippen molar-refractivity contribution in [2.45, 2.75) is 32.9 Å². The van der Waals surface area contributed by atoms with Crippen LogP contribution in [0, 0.1) is 5.41 Å². The maximum atomic E-state index is 10.1. The monoisotopic (exact) mass is 341 g/mol. The van der Waals surface area contributed by atoms with E-state index in [0.717, 1.165) is 10.0 Å². The molecule has 1 rings (SSSR count). The first-order valence-electron chi connectivity index (χ1n) is 5.12. The Balaban J connectivity index is 0.00000256. The number of hydrogen-bond acceptors (Lipinski definition) is 2. The van der Waals surface area contributed by atoms with E-state index in [4.69, 9.17) is 17.3 Å².